The fourth-order valence-electron chi connectivity index (χ4n) is 4.48. The molecule has 10 nitrogen and oxygen atoms in total. The molecular formula is C29H24BrN3O7S. The van der Waals surface area contributed by atoms with E-state index >= 15 is 0 Å². The number of allylic oxidation sites excluding steroid dienone is 1. The summed E-state index contributed by atoms with van der Waals surface area (Å²) in [6, 6.07) is 14.2. The quantitative estimate of drug-likeness (QED) is 0.156. The van der Waals surface area contributed by atoms with Crippen molar-refractivity contribution in [1.29, 1.82) is 0 Å². The van der Waals surface area contributed by atoms with Gasteiger partial charge in [-0.1, -0.05) is 23.5 Å². The number of ether oxygens (including phenoxy) is 2. The predicted octanol–water partition coefficient (Wildman–Crippen LogP) is 5.13. The maximum absolute atomic E-state index is 13.8. The van der Waals surface area contributed by atoms with Gasteiger partial charge in [0.15, 0.2) is 4.80 Å². The number of hydrogen-bond acceptors (Lipinski definition) is 9. The van der Waals surface area contributed by atoms with Gasteiger partial charge in [-0.2, -0.15) is 0 Å². The highest BCUT2D eigenvalue weighted by molar-refractivity contribution is 9.10. The van der Waals surface area contributed by atoms with E-state index in [1.54, 1.807) is 64.3 Å². The second kappa shape index (κ2) is 11.3. The Hall–Kier alpha value is -4.29. The SMILES string of the molecule is COc1ccc(C2C(C(=O)OC(C)C)=C(C)N=c3s/c(=C\c4ccc(-c5ccc([N+](=O)[O-])cc5Br)o4)c(=O)n32)cc1. The number of thiazole rings is 1. The molecule has 5 rings (SSSR count). The number of methoxy groups -OCH3 is 1. The van der Waals surface area contributed by atoms with Crippen LogP contribution in [0.4, 0.5) is 5.69 Å². The van der Waals surface area contributed by atoms with Crippen molar-refractivity contribution < 1.29 is 23.6 Å². The lowest BCUT2D eigenvalue weighted by Gasteiger charge is -2.25. The molecule has 1 aliphatic rings. The van der Waals surface area contributed by atoms with Gasteiger partial charge in [0.2, 0.25) is 0 Å². The first-order chi connectivity index (χ1) is 19.6. The lowest BCUT2D eigenvalue weighted by atomic mass is 9.96. The molecule has 0 fully saturated rings. The van der Waals surface area contributed by atoms with E-state index in [2.05, 4.69) is 20.9 Å². The molecule has 1 aliphatic heterocycles. The summed E-state index contributed by atoms with van der Waals surface area (Å²) in [6.45, 7) is 5.25. The summed E-state index contributed by atoms with van der Waals surface area (Å²) in [4.78, 5) is 42.7. The first kappa shape index (κ1) is 28.2. The summed E-state index contributed by atoms with van der Waals surface area (Å²) in [5.41, 5.74) is 1.68. The highest BCUT2D eigenvalue weighted by Gasteiger charge is 2.33. The molecule has 2 aromatic carbocycles. The van der Waals surface area contributed by atoms with Crippen LogP contribution in [0, 0.1) is 10.1 Å². The number of benzene rings is 2. The van der Waals surface area contributed by atoms with Crippen molar-refractivity contribution >= 4 is 45.0 Å². The third-order valence-electron chi connectivity index (χ3n) is 6.34. The molecule has 0 radical (unpaired) electrons. The average molecular weight is 638 g/mol. The van der Waals surface area contributed by atoms with Crippen LogP contribution in [0.15, 0.2) is 84.5 Å². The molecule has 210 valence electrons. The number of halogens is 1. The molecule has 0 N–H and O–H groups in total. The monoisotopic (exact) mass is 637 g/mol. The van der Waals surface area contributed by atoms with Crippen molar-refractivity contribution in [2.75, 3.05) is 7.11 Å². The van der Waals surface area contributed by atoms with Gasteiger partial charge in [0, 0.05) is 28.2 Å². The Kier molecular flexibility index (Phi) is 7.78. The molecule has 0 spiro atoms. The number of esters is 1. The van der Waals surface area contributed by atoms with E-state index in [0.717, 1.165) is 0 Å². The number of aromatic nitrogens is 1. The summed E-state index contributed by atoms with van der Waals surface area (Å²) < 4.78 is 19.2. The lowest BCUT2D eigenvalue weighted by molar-refractivity contribution is -0.384. The van der Waals surface area contributed by atoms with Crippen molar-refractivity contribution in [3.05, 3.63) is 111 Å². The predicted molar refractivity (Wildman–Crippen MR) is 156 cm³/mol. The van der Waals surface area contributed by atoms with Gasteiger partial charge < -0.3 is 13.9 Å². The Labute approximate surface area is 246 Å². The Balaban J connectivity index is 1.60. The molecule has 0 saturated heterocycles. The number of carbonyl (C=O) groups excluding carboxylic acids is 1. The van der Waals surface area contributed by atoms with Gasteiger partial charge in [-0.05, 0) is 72.6 Å². The summed E-state index contributed by atoms with van der Waals surface area (Å²) >= 11 is 4.55. The fraction of sp³-hybridized carbons (Fsp3) is 0.207. The molecule has 2 aromatic heterocycles. The second-order valence-electron chi connectivity index (χ2n) is 9.43. The minimum absolute atomic E-state index is 0.0492. The molecule has 41 heavy (non-hydrogen) atoms. The van der Waals surface area contributed by atoms with E-state index in [9.17, 15) is 19.7 Å². The maximum Gasteiger partial charge on any atom is 0.338 e. The van der Waals surface area contributed by atoms with E-state index in [0.29, 0.717) is 47.9 Å². The highest BCUT2D eigenvalue weighted by atomic mass is 79.9. The van der Waals surface area contributed by atoms with Crippen LogP contribution in [-0.4, -0.2) is 28.7 Å². The topological polar surface area (TPSA) is 126 Å². The number of nitro groups is 1. The Bertz CT molecular complexity index is 1880. The van der Waals surface area contributed by atoms with E-state index in [4.69, 9.17) is 13.9 Å². The van der Waals surface area contributed by atoms with Gasteiger partial charge in [0.05, 0.1) is 40.0 Å². The average Bonchev–Trinajstić information content (AvgIpc) is 3.51. The molecule has 0 bridgehead atoms. The van der Waals surface area contributed by atoms with Crippen LogP contribution in [0.5, 0.6) is 5.75 Å². The molecule has 3 heterocycles. The molecule has 12 heteroatoms. The number of hydrogen-bond donors (Lipinski definition) is 0. The first-order valence-corrected chi connectivity index (χ1v) is 14.1. The third-order valence-corrected chi connectivity index (χ3v) is 7.98. The second-order valence-corrected chi connectivity index (χ2v) is 11.3. The fourth-order valence-corrected chi connectivity index (χ4v) is 6.07. The molecule has 0 aliphatic carbocycles. The first-order valence-electron chi connectivity index (χ1n) is 12.5. The minimum Gasteiger partial charge on any atom is -0.497 e. The van der Waals surface area contributed by atoms with Crippen molar-refractivity contribution in [1.82, 2.24) is 4.57 Å². The van der Waals surface area contributed by atoms with Crippen molar-refractivity contribution in [3.8, 4) is 17.1 Å². The van der Waals surface area contributed by atoms with Crippen LogP contribution in [-0.2, 0) is 9.53 Å². The summed E-state index contributed by atoms with van der Waals surface area (Å²) in [6.07, 6.45) is 1.26. The smallest absolute Gasteiger partial charge is 0.338 e. The van der Waals surface area contributed by atoms with Crippen LogP contribution in [0.3, 0.4) is 0 Å². The largest absolute Gasteiger partial charge is 0.497 e. The molecule has 0 amide bonds. The van der Waals surface area contributed by atoms with Crippen LogP contribution >= 0.6 is 27.3 Å². The normalized spacial score (nSPS) is 15.1. The summed E-state index contributed by atoms with van der Waals surface area (Å²) in [5.74, 6) is 0.977. The third kappa shape index (κ3) is 5.52. The Morgan fingerprint density at radius 2 is 1.93 bits per heavy atom. The molecule has 1 unspecified atom stereocenters. The molecule has 1 atom stereocenters. The number of non-ortho nitro benzene ring substituents is 1. The lowest BCUT2D eigenvalue weighted by Crippen LogP contribution is -2.40. The highest BCUT2D eigenvalue weighted by Crippen LogP contribution is 2.34. The Morgan fingerprint density at radius 3 is 2.56 bits per heavy atom. The van der Waals surface area contributed by atoms with Gasteiger partial charge in [-0.15, -0.1) is 0 Å². The number of nitro benzene ring substituents is 1. The van der Waals surface area contributed by atoms with Crippen LogP contribution in [0.25, 0.3) is 17.4 Å². The van der Waals surface area contributed by atoms with E-state index in [1.807, 2.05) is 12.1 Å². The number of nitrogens with zero attached hydrogens (tertiary/aromatic N) is 3. The van der Waals surface area contributed by atoms with Gasteiger partial charge in [-0.3, -0.25) is 19.5 Å². The number of carbonyl (C=O) groups is 1. The van der Waals surface area contributed by atoms with E-state index in [1.165, 1.54) is 28.0 Å². The standard InChI is InChI=1S/C29H24BrN3O7S/c1-15(2)39-28(35)25-16(3)31-29-32(26(25)17-5-8-19(38-4)9-6-17)27(34)24(41-29)14-20-10-12-23(40-20)21-11-7-18(33(36)37)13-22(21)30/h5-15,26H,1-4H3/b24-14-. The number of rotatable bonds is 7. The van der Waals surface area contributed by atoms with Crippen LogP contribution in [0.2, 0.25) is 0 Å². The van der Waals surface area contributed by atoms with E-state index < -0.39 is 16.9 Å². The molecule has 4 aromatic rings. The maximum atomic E-state index is 13.8. The number of fused-ring (bicyclic) bond motifs is 1. The van der Waals surface area contributed by atoms with Gasteiger partial charge in [-0.25, -0.2) is 9.79 Å². The van der Waals surface area contributed by atoms with Crippen molar-refractivity contribution in [2.45, 2.75) is 32.9 Å². The zero-order chi connectivity index (χ0) is 29.4. The summed E-state index contributed by atoms with van der Waals surface area (Å²) in [5, 5.41) is 11.1. The van der Waals surface area contributed by atoms with Crippen molar-refractivity contribution in [2.24, 2.45) is 4.99 Å². The summed E-state index contributed by atoms with van der Waals surface area (Å²) in [7, 11) is 1.56. The molecule has 0 saturated carbocycles. The van der Waals surface area contributed by atoms with Crippen molar-refractivity contribution in [3.63, 3.8) is 0 Å². The Morgan fingerprint density at radius 1 is 1.20 bits per heavy atom. The zero-order valence-electron chi connectivity index (χ0n) is 22.4. The minimum atomic E-state index is -0.756. The van der Waals surface area contributed by atoms with Gasteiger partial charge in [0.25, 0.3) is 11.2 Å². The van der Waals surface area contributed by atoms with Crippen LogP contribution < -0.4 is 19.6 Å². The number of furan rings is 1. The van der Waals surface area contributed by atoms with Gasteiger partial charge in [0.1, 0.15) is 17.3 Å². The van der Waals surface area contributed by atoms with Crippen LogP contribution in [0.1, 0.15) is 38.1 Å². The zero-order valence-corrected chi connectivity index (χ0v) is 24.8. The van der Waals surface area contributed by atoms with E-state index in [-0.39, 0.29) is 22.9 Å². The molecular weight excluding hydrogens is 614 g/mol. The van der Waals surface area contributed by atoms with Gasteiger partial charge >= 0.3 is 5.97 Å².